The van der Waals surface area contributed by atoms with Crippen LogP contribution in [0.5, 0.6) is 0 Å². The summed E-state index contributed by atoms with van der Waals surface area (Å²) in [5.74, 6) is 0.294. The zero-order chi connectivity index (χ0) is 18.5. The van der Waals surface area contributed by atoms with Gasteiger partial charge in [-0.15, -0.1) is 0 Å². The number of carbonyl (C=O) groups is 1. The van der Waals surface area contributed by atoms with Crippen LogP contribution >= 0.6 is 0 Å². The summed E-state index contributed by atoms with van der Waals surface area (Å²) in [5, 5.41) is 9.28. The average molecular weight is 348 g/mol. The Morgan fingerprint density at radius 3 is 2.48 bits per heavy atom. The molecule has 0 unspecified atom stereocenters. The molecule has 1 saturated carbocycles. The van der Waals surface area contributed by atoms with E-state index in [9.17, 15) is 9.18 Å². The lowest BCUT2D eigenvalue weighted by molar-refractivity contribution is -0.121. The maximum Gasteiger partial charge on any atom is 0.242 e. The zero-order valence-corrected chi connectivity index (χ0v) is 15.6. The largest absolute Gasteiger partial charge is 0.357 e. The van der Waals surface area contributed by atoms with E-state index in [4.69, 9.17) is 0 Å². The average Bonchev–Trinajstić information content (AvgIpc) is 3.30. The van der Waals surface area contributed by atoms with Gasteiger partial charge in [0.1, 0.15) is 12.4 Å². The van der Waals surface area contributed by atoms with E-state index in [2.05, 4.69) is 20.9 Å². The molecule has 0 atom stereocenters. The van der Waals surface area contributed by atoms with Gasteiger partial charge in [0, 0.05) is 24.0 Å². The molecule has 138 valence electrons. The number of aliphatic imine (C=N–C) groups is 1. The minimum atomic E-state index is -0.277. The summed E-state index contributed by atoms with van der Waals surface area (Å²) in [4.78, 5) is 16.3. The van der Waals surface area contributed by atoms with Gasteiger partial charge in [-0.2, -0.15) is 0 Å². The van der Waals surface area contributed by atoms with Crippen molar-refractivity contribution in [1.29, 1.82) is 0 Å². The van der Waals surface area contributed by atoms with Gasteiger partial charge in [-0.25, -0.2) is 9.38 Å². The van der Waals surface area contributed by atoms with Crippen molar-refractivity contribution >= 4 is 11.9 Å². The third-order valence-corrected chi connectivity index (χ3v) is 4.13. The van der Waals surface area contributed by atoms with Crippen molar-refractivity contribution in [3.05, 3.63) is 35.6 Å². The van der Waals surface area contributed by atoms with Gasteiger partial charge in [0.15, 0.2) is 5.96 Å². The standard InChI is InChI=1S/C19H29FN4O/c1-5-21-17(22-12-16(25)24-18(2,3)4)23-13-19(10-11-19)14-8-6-7-9-15(14)20/h6-9H,5,10-13H2,1-4H3,(H,24,25)(H2,21,22,23). The maximum absolute atomic E-state index is 14.1. The summed E-state index contributed by atoms with van der Waals surface area (Å²) in [6.07, 6.45) is 1.90. The van der Waals surface area contributed by atoms with Crippen LogP contribution in [0.3, 0.4) is 0 Å². The summed E-state index contributed by atoms with van der Waals surface area (Å²) in [7, 11) is 0. The van der Waals surface area contributed by atoms with Crippen LogP contribution in [-0.2, 0) is 10.2 Å². The van der Waals surface area contributed by atoms with Gasteiger partial charge >= 0.3 is 0 Å². The number of hydrogen-bond donors (Lipinski definition) is 3. The number of nitrogens with zero attached hydrogens (tertiary/aromatic N) is 1. The molecule has 0 aromatic heterocycles. The Hall–Kier alpha value is -2.11. The highest BCUT2D eigenvalue weighted by atomic mass is 19.1. The molecule has 3 N–H and O–H groups in total. The lowest BCUT2D eigenvalue weighted by Gasteiger charge is -2.21. The summed E-state index contributed by atoms with van der Waals surface area (Å²) < 4.78 is 14.1. The van der Waals surface area contributed by atoms with Crippen LogP contribution in [0.4, 0.5) is 4.39 Å². The van der Waals surface area contributed by atoms with E-state index in [0.717, 1.165) is 18.4 Å². The monoisotopic (exact) mass is 348 g/mol. The summed E-state index contributed by atoms with van der Waals surface area (Å²) >= 11 is 0. The van der Waals surface area contributed by atoms with Crippen molar-refractivity contribution in [3.8, 4) is 0 Å². The van der Waals surface area contributed by atoms with Crippen LogP contribution < -0.4 is 16.0 Å². The van der Waals surface area contributed by atoms with Gasteiger partial charge in [0.05, 0.1) is 0 Å². The molecule has 1 aliphatic carbocycles. The van der Waals surface area contributed by atoms with Crippen LogP contribution in [0, 0.1) is 5.82 Å². The number of benzene rings is 1. The van der Waals surface area contributed by atoms with Crippen LogP contribution in [0.2, 0.25) is 0 Å². The van der Waals surface area contributed by atoms with Crippen molar-refractivity contribution in [2.24, 2.45) is 4.99 Å². The van der Waals surface area contributed by atoms with Crippen LogP contribution in [0.1, 0.15) is 46.1 Å². The van der Waals surface area contributed by atoms with Crippen LogP contribution in [-0.4, -0.2) is 37.0 Å². The molecule has 0 radical (unpaired) electrons. The van der Waals surface area contributed by atoms with Crippen LogP contribution in [0.25, 0.3) is 0 Å². The van der Waals surface area contributed by atoms with E-state index < -0.39 is 0 Å². The third-order valence-electron chi connectivity index (χ3n) is 4.13. The molecule has 25 heavy (non-hydrogen) atoms. The second-order valence-corrected chi connectivity index (χ2v) is 7.61. The fourth-order valence-corrected chi connectivity index (χ4v) is 2.79. The predicted molar refractivity (Wildman–Crippen MR) is 99.2 cm³/mol. The Bertz CT molecular complexity index is 633. The molecule has 5 nitrogen and oxygen atoms in total. The van der Waals surface area contributed by atoms with Gasteiger partial charge in [-0.3, -0.25) is 4.79 Å². The molecule has 1 aliphatic rings. The summed E-state index contributed by atoms with van der Waals surface area (Å²) in [6.45, 7) is 9.12. The highest BCUT2D eigenvalue weighted by Gasteiger charge is 2.45. The van der Waals surface area contributed by atoms with Gasteiger partial charge < -0.3 is 16.0 Å². The molecule has 1 aromatic carbocycles. The van der Waals surface area contributed by atoms with E-state index in [1.165, 1.54) is 6.07 Å². The molecule has 2 rings (SSSR count). The quantitative estimate of drug-likeness (QED) is 0.546. The smallest absolute Gasteiger partial charge is 0.242 e. The Labute approximate surface area is 149 Å². The van der Waals surface area contributed by atoms with Gasteiger partial charge in [-0.05, 0) is 52.2 Å². The number of nitrogens with one attached hydrogen (secondary N) is 3. The van der Waals surface area contributed by atoms with Crippen molar-refractivity contribution < 1.29 is 9.18 Å². The van der Waals surface area contributed by atoms with Crippen LogP contribution in [0.15, 0.2) is 29.3 Å². The van der Waals surface area contributed by atoms with Crippen molar-refractivity contribution in [2.45, 2.75) is 51.5 Å². The molecular formula is C19H29FN4O. The van der Waals surface area contributed by atoms with Gasteiger partial charge in [0.2, 0.25) is 5.91 Å². The number of hydrogen-bond acceptors (Lipinski definition) is 2. The third kappa shape index (κ3) is 5.73. The minimum Gasteiger partial charge on any atom is -0.357 e. The lowest BCUT2D eigenvalue weighted by Crippen LogP contribution is -2.44. The Balaban J connectivity index is 1.97. The SMILES string of the molecule is CCNC(=NCC(=O)NC(C)(C)C)NCC1(c2ccccc2F)CC1. The first kappa shape index (κ1) is 19.2. The highest BCUT2D eigenvalue weighted by molar-refractivity contribution is 5.85. The first-order valence-corrected chi connectivity index (χ1v) is 8.84. The second-order valence-electron chi connectivity index (χ2n) is 7.61. The van der Waals surface area contributed by atoms with Crippen molar-refractivity contribution in [3.63, 3.8) is 0 Å². The van der Waals surface area contributed by atoms with Crippen molar-refractivity contribution in [1.82, 2.24) is 16.0 Å². The Morgan fingerprint density at radius 2 is 1.92 bits per heavy atom. The van der Waals surface area contributed by atoms with E-state index in [-0.39, 0.29) is 29.2 Å². The molecule has 0 saturated heterocycles. The normalized spacial score (nSPS) is 16.3. The van der Waals surface area contributed by atoms with E-state index in [1.54, 1.807) is 6.07 Å². The number of rotatable bonds is 6. The predicted octanol–water partition coefficient (Wildman–Crippen LogP) is 2.33. The fraction of sp³-hybridized carbons (Fsp3) is 0.579. The molecular weight excluding hydrogens is 319 g/mol. The summed E-state index contributed by atoms with van der Waals surface area (Å²) in [5.41, 5.74) is 0.306. The maximum atomic E-state index is 14.1. The molecule has 0 spiro atoms. The topological polar surface area (TPSA) is 65.5 Å². The van der Waals surface area contributed by atoms with E-state index in [1.807, 2.05) is 39.8 Å². The first-order valence-electron chi connectivity index (χ1n) is 8.84. The minimum absolute atomic E-state index is 0.0549. The molecule has 0 bridgehead atoms. The molecule has 1 amide bonds. The molecule has 0 heterocycles. The number of carbonyl (C=O) groups excluding carboxylic acids is 1. The van der Waals surface area contributed by atoms with E-state index in [0.29, 0.717) is 19.0 Å². The Kier molecular flexibility index (Phi) is 6.03. The summed E-state index contributed by atoms with van der Waals surface area (Å²) in [6, 6.07) is 6.94. The Morgan fingerprint density at radius 1 is 1.24 bits per heavy atom. The second kappa shape index (κ2) is 7.85. The number of guanidine groups is 1. The highest BCUT2D eigenvalue weighted by Crippen LogP contribution is 2.48. The molecule has 6 heteroatoms. The fourth-order valence-electron chi connectivity index (χ4n) is 2.79. The molecule has 1 aromatic rings. The van der Waals surface area contributed by atoms with Gasteiger partial charge in [-0.1, -0.05) is 18.2 Å². The zero-order valence-electron chi connectivity index (χ0n) is 15.6. The molecule has 0 aliphatic heterocycles. The van der Waals surface area contributed by atoms with E-state index >= 15 is 0 Å². The number of amides is 1. The van der Waals surface area contributed by atoms with Crippen molar-refractivity contribution in [2.75, 3.05) is 19.6 Å². The number of halogens is 1. The molecule has 1 fully saturated rings. The lowest BCUT2D eigenvalue weighted by atomic mass is 9.95. The van der Waals surface area contributed by atoms with Gasteiger partial charge in [0.25, 0.3) is 0 Å². The first-order chi connectivity index (χ1) is 11.8.